The van der Waals surface area contributed by atoms with Crippen LogP contribution in [0.25, 0.3) is 0 Å². The Hall–Kier alpha value is -1.33. The zero-order valence-electron chi connectivity index (χ0n) is 12.7. The van der Waals surface area contributed by atoms with Crippen molar-refractivity contribution < 1.29 is 4.52 Å². The lowest BCUT2D eigenvalue weighted by atomic mass is 10.0. The van der Waals surface area contributed by atoms with Gasteiger partial charge in [-0.25, -0.2) is 0 Å². The van der Waals surface area contributed by atoms with Gasteiger partial charge in [-0.2, -0.15) is 4.98 Å². The summed E-state index contributed by atoms with van der Waals surface area (Å²) < 4.78 is 5.31. The lowest BCUT2D eigenvalue weighted by Crippen LogP contribution is -2.06. The summed E-state index contributed by atoms with van der Waals surface area (Å²) in [4.78, 5) is 5.72. The molecule has 0 saturated carbocycles. The molecular formula is C16H23N3OS. The van der Waals surface area contributed by atoms with Gasteiger partial charge in [0.25, 0.3) is 0 Å². The van der Waals surface area contributed by atoms with Gasteiger partial charge in [-0.1, -0.05) is 30.3 Å². The molecule has 0 saturated heterocycles. The topological polar surface area (TPSA) is 64.9 Å². The smallest absolute Gasteiger partial charge is 0.226 e. The molecule has 2 aromatic rings. The van der Waals surface area contributed by atoms with E-state index < -0.39 is 0 Å². The number of hydrogen-bond acceptors (Lipinski definition) is 5. The normalized spacial score (nSPS) is 12.5. The summed E-state index contributed by atoms with van der Waals surface area (Å²) in [7, 11) is 0. The van der Waals surface area contributed by atoms with Crippen LogP contribution in [0.1, 0.15) is 37.0 Å². The molecule has 1 aromatic heterocycles. The summed E-state index contributed by atoms with van der Waals surface area (Å²) in [5.74, 6) is 2.85. The third-order valence-corrected chi connectivity index (χ3v) is 4.64. The van der Waals surface area contributed by atoms with Crippen molar-refractivity contribution in [1.82, 2.24) is 10.1 Å². The Balaban J connectivity index is 1.82. The molecule has 0 aliphatic carbocycles. The maximum Gasteiger partial charge on any atom is 0.226 e. The van der Waals surface area contributed by atoms with Crippen LogP contribution in [0, 0.1) is 12.8 Å². The number of aryl methyl sites for hydroxylation is 2. The van der Waals surface area contributed by atoms with Crippen LogP contribution in [0.15, 0.2) is 33.7 Å². The van der Waals surface area contributed by atoms with Crippen LogP contribution in [-0.4, -0.2) is 16.7 Å². The molecule has 1 aromatic carbocycles. The number of aromatic nitrogens is 2. The lowest BCUT2D eigenvalue weighted by molar-refractivity contribution is 0.359. The van der Waals surface area contributed by atoms with Crippen molar-refractivity contribution in [3.05, 3.63) is 41.5 Å². The maximum atomic E-state index is 5.56. The van der Waals surface area contributed by atoms with Gasteiger partial charge in [0.15, 0.2) is 5.82 Å². The van der Waals surface area contributed by atoms with Crippen molar-refractivity contribution in [1.29, 1.82) is 0 Å². The predicted molar refractivity (Wildman–Crippen MR) is 86.2 cm³/mol. The van der Waals surface area contributed by atoms with Crippen LogP contribution in [0.4, 0.5) is 0 Å². The van der Waals surface area contributed by atoms with Crippen LogP contribution in [0.3, 0.4) is 0 Å². The molecule has 21 heavy (non-hydrogen) atoms. The quantitative estimate of drug-likeness (QED) is 0.755. The molecule has 0 radical (unpaired) electrons. The summed E-state index contributed by atoms with van der Waals surface area (Å²) in [6.07, 6.45) is 2.93. The lowest BCUT2D eigenvalue weighted by Gasteiger charge is -2.06. The van der Waals surface area contributed by atoms with Crippen LogP contribution in [0.5, 0.6) is 0 Å². The number of thioether (sulfide) groups is 1. The number of rotatable bonds is 8. The largest absolute Gasteiger partial charge is 0.339 e. The molecule has 4 nitrogen and oxygen atoms in total. The van der Waals surface area contributed by atoms with E-state index in [0.717, 1.165) is 43.3 Å². The van der Waals surface area contributed by atoms with E-state index in [-0.39, 0.29) is 0 Å². The monoisotopic (exact) mass is 305 g/mol. The molecular weight excluding hydrogens is 282 g/mol. The first kappa shape index (κ1) is 16.0. The minimum Gasteiger partial charge on any atom is -0.339 e. The highest BCUT2D eigenvalue weighted by Crippen LogP contribution is 2.24. The second-order valence-electron chi connectivity index (χ2n) is 5.38. The maximum absolute atomic E-state index is 5.56. The second-order valence-corrected chi connectivity index (χ2v) is 6.40. The molecule has 5 heteroatoms. The minimum atomic E-state index is 0.603. The summed E-state index contributed by atoms with van der Waals surface area (Å²) in [5, 5.41) is 4.05. The van der Waals surface area contributed by atoms with Gasteiger partial charge in [0, 0.05) is 11.3 Å². The Kier molecular flexibility index (Phi) is 6.26. The Morgan fingerprint density at radius 1 is 1.29 bits per heavy atom. The molecule has 0 amide bonds. The Morgan fingerprint density at radius 2 is 2.10 bits per heavy atom. The molecule has 0 spiro atoms. The average molecular weight is 305 g/mol. The summed E-state index contributed by atoms with van der Waals surface area (Å²) in [5.41, 5.74) is 6.83. The molecule has 2 N–H and O–H groups in total. The van der Waals surface area contributed by atoms with Gasteiger partial charge < -0.3 is 10.3 Å². The van der Waals surface area contributed by atoms with Crippen LogP contribution in [0.2, 0.25) is 0 Å². The highest BCUT2D eigenvalue weighted by Gasteiger charge is 2.09. The minimum absolute atomic E-state index is 0.603. The predicted octanol–water partition coefficient (Wildman–Crippen LogP) is 3.59. The number of hydrogen-bond donors (Lipinski definition) is 1. The van der Waals surface area contributed by atoms with Gasteiger partial charge in [0.05, 0.1) is 5.75 Å². The van der Waals surface area contributed by atoms with Gasteiger partial charge in [0.1, 0.15) is 0 Å². The van der Waals surface area contributed by atoms with Gasteiger partial charge in [0.2, 0.25) is 5.89 Å². The van der Waals surface area contributed by atoms with Gasteiger partial charge in [-0.3, -0.25) is 0 Å². The van der Waals surface area contributed by atoms with E-state index in [1.807, 2.05) is 6.07 Å². The van der Waals surface area contributed by atoms with Crippen LogP contribution < -0.4 is 5.73 Å². The first-order valence-corrected chi connectivity index (χ1v) is 8.37. The fourth-order valence-corrected chi connectivity index (χ4v) is 2.98. The highest BCUT2D eigenvalue weighted by atomic mass is 32.2. The van der Waals surface area contributed by atoms with Gasteiger partial charge >= 0.3 is 0 Å². The van der Waals surface area contributed by atoms with E-state index >= 15 is 0 Å². The molecule has 0 fully saturated rings. The zero-order chi connectivity index (χ0) is 15.1. The molecule has 1 unspecified atom stereocenters. The standard InChI is InChI=1S/C16H23N3OS/c1-12(9-10-17)7-8-16-18-15(19-20-16)11-21-14-6-4-3-5-13(14)2/h3-6,12H,7-11,17H2,1-2H3. The molecule has 2 rings (SSSR count). The summed E-state index contributed by atoms with van der Waals surface area (Å²) in [6.45, 7) is 5.06. The van der Waals surface area contributed by atoms with E-state index in [1.54, 1.807) is 11.8 Å². The van der Waals surface area contributed by atoms with E-state index in [2.05, 4.69) is 42.2 Å². The SMILES string of the molecule is Cc1ccccc1SCc1noc(CCC(C)CCN)n1. The van der Waals surface area contributed by atoms with E-state index in [1.165, 1.54) is 10.5 Å². The van der Waals surface area contributed by atoms with Crippen LogP contribution >= 0.6 is 11.8 Å². The number of nitrogens with two attached hydrogens (primary N) is 1. The van der Waals surface area contributed by atoms with E-state index in [0.29, 0.717) is 5.92 Å². The average Bonchev–Trinajstić information content (AvgIpc) is 2.93. The van der Waals surface area contributed by atoms with Crippen molar-refractivity contribution in [3.8, 4) is 0 Å². The third-order valence-electron chi connectivity index (χ3n) is 3.47. The van der Waals surface area contributed by atoms with Gasteiger partial charge in [-0.05, 0) is 43.9 Å². The summed E-state index contributed by atoms with van der Waals surface area (Å²) >= 11 is 1.74. The highest BCUT2D eigenvalue weighted by molar-refractivity contribution is 7.98. The Bertz CT molecular complexity index is 556. The van der Waals surface area contributed by atoms with Crippen molar-refractivity contribution in [2.75, 3.05) is 6.54 Å². The first-order chi connectivity index (χ1) is 10.2. The fourth-order valence-electron chi connectivity index (χ4n) is 2.11. The second kappa shape index (κ2) is 8.20. The molecule has 1 atom stereocenters. The molecule has 114 valence electrons. The van der Waals surface area contributed by atoms with Crippen LogP contribution in [-0.2, 0) is 12.2 Å². The third kappa shape index (κ3) is 5.17. The van der Waals surface area contributed by atoms with Crippen molar-refractivity contribution in [2.45, 2.75) is 43.8 Å². The van der Waals surface area contributed by atoms with Crippen molar-refractivity contribution in [3.63, 3.8) is 0 Å². The van der Waals surface area contributed by atoms with Crippen molar-refractivity contribution in [2.24, 2.45) is 11.7 Å². The summed E-state index contributed by atoms with van der Waals surface area (Å²) in [6, 6.07) is 8.34. The van der Waals surface area contributed by atoms with E-state index in [9.17, 15) is 0 Å². The molecule has 0 bridgehead atoms. The zero-order valence-corrected chi connectivity index (χ0v) is 13.5. The first-order valence-electron chi connectivity index (χ1n) is 7.39. The fraction of sp³-hybridized carbons (Fsp3) is 0.500. The Labute approximate surface area is 130 Å². The Morgan fingerprint density at radius 3 is 2.86 bits per heavy atom. The van der Waals surface area contributed by atoms with Crippen molar-refractivity contribution >= 4 is 11.8 Å². The molecule has 0 aliphatic heterocycles. The number of nitrogens with zero attached hydrogens (tertiary/aromatic N) is 2. The van der Waals surface area contributed by atoms with Gasteiger partial charge in [-0.15, -0.1) is 11.8 Å². The number of benzene rings is 1. The van der Waals surface area contributed by atoms with E-state index in [4.69, 9.17) is 10.3 Å². The molecule has 1 heterocycles. The molecule has 0 aliphatic rings.